The highest BCUT2D eigenvalue weighted by Crippen LogP contribution is 2.33. The topological polar surface area (TPSA) is 88.3 Å². The molecule has 0 saturated carbocycles. The highest BCUT2D eigenvalue weighted by Gasteiger charge is 2.25. The predicted octanol–water partition coefficient (Wildman–Crippen LogP) is 1.27. The Labute approximate surface area is 119 Å². The fraction of sp³-hybridized carbons (Fsp3) is 0.727. The van der Waals surface area contributed by atoms with Gasteiger partial charge < -0.3 is 16.0 Å². The minimum absolute atomic E-state index is 0.0896. The van der Waals surface area contributed by atoms with Crippen LogP contribution in [-0.4, -0.2) is 50.1 Å². The average Bonchev–Trinajstić information content (AvgIpc) is 2.58. The van der Waals surface area contributed by atoms with E-state index in [0.29, 0.717) is 11.4 Å². The highest BCUT2D eigenvalue weighted by molar-refractivity contribution is 7.91. The standard InChI is InChI=1S/C11H22N4O2S2/c1-5-6-19(16,17)9-10(12)14-18-11(9)13-8(2)7-15(3)4/h8,13H,5-7H2,1-4H3,(H2,12,14). The van der Waals surface area contributed by atoms with E-state index < -0.39 is 9.84 Å². The molecule has 1 heterocycles. The molecule has 0 fully saturated rings. The molecule has 1 rings (SSSR count). The average molecular weight is 306 g/mol. The van der Waals surface area contributed by atoms with Gasteiger partial charge in [0.25, 0.3) is 0 Å². The van der Waals surface area contributed by atoms with Crippen LogP contribution in [0.3, 0.4) is 0 Å². The van der Waals surface area contributed by atoms with Gasteiger partial charge in [-0.05, 0) is 39.0 Å². The van der Waals surface area contributed by atoms with Crippen LogP contribution < -0.4 is 11.1 Å². The molecule has 0 aliphatic rings. The molecule has 0 spiro atoms. The van der Waals surface area contributed by atoms with Gasteiger partial charge in [-0.3, -0.25) is 0 Å². The van der Waals surface area contributed by atoms with Crippen molar-refractivity contribution < 1.29 is 8.42 Å². The first-order valence-electron chi connectivity index (χ1n) is 6.17. The fourth-order valence-corrected chi connectivity index (χ4v) is 4.59. The highest BCUT2D eigenvalue weighted by atomic mass is 32.2. The lowest BCUT2D eigenvalue weighted by Gasteiger charge is -2.18. The van der Waals surface area contributed by atoms with Crippen LogP contribution in [0.25, 0.3) is 0 Å². The number of sulfone groups is 1. The second kappa shape index (κ2) is 6.53. The molecule has 3 N–H and O–H groups in total. The fourth-order valence-electron chi connectivity index (χ4n) is 1.87. The summed E-state index contributed by atoms with van der Waals surface area (Å²) in [5.41, 5.74) is 5.70. The molecule has 8 heteroatoms. The third kappa shape index (κ3) is 4.32. The molecular weight excluding hydrogens is 284 g/mol. The second-order valence-corrected chi connectivity index (χ2v) is 7.67. The van der Waals surface area contributed by atoms with Gasteiger partial charge in [0, 0.05) is 12.6 Å². The summed E-state index contributed by atoms with van der Waals surface area (Å²) < 4.78 is 28.3. The quantitative estimate of drug-likeness (QED) is 0.789. The van der Waals surface area contributed by atoms with Crippen molar-refractivity contribution in [3.8, 4) is 0 Å². The molecule has 1 aromatic rings. The van der Waals surface area contributed by atoms with Gasteiger partial charge in [-0.1, -0.05) is 6.92 Å². The van der Waals surface area contributed by atoms with Gasteiger partial charge in [0.1, 0.15) is 9.90 Å². The number of hydrogen-bond acceptors (Lipinski definition) is 7. The second-order valence-electron chi connectivity index (χ2n) is 4.85. The molecule has 0 aliphatic carbocycles. The van der Waals surface area contributed by atoms with Crippen molar-refractivity contribution in [1.82, 2.24) is 9.27 Å². The number of nitrogens with two attached hydrogens (primary N) is 1. The minimum atomic E-state index is -3.36. The molecule has 0 aromatic carbocycles. The third-order valence-corrected chi connectivity index (χ3v) is 5.38. The number of aromatic nitrogens is 1. The first-order valence-corrected chi connectivity index (χ1v) is 8.59. The van der Waals surface area contributed by atoms with E-state index in [9.17, 15) is 8.42 Å². The maximum absolute atomic E-state index is 12.2. The summed E-state index contributed by atoms with van der Waals surface area (Å²) in [4.78, 5) is 2.19. The Morgan fingerprint density at radius 1 is 1.47 bits per heavy atom. The zero-order valence-corrected chi connectivity index (χ0v) is 13.4. The zero-order valence-electron chi connectivity index (χ0n) is 11.8. The van der Waals surface area contributed by atoms with E-state index in [1.165, 1.54) is 0 Å². The Balaban J connectivity index is 2.98. The van der Waals surface area contributed by atoms with E-state index in [1.54, 1.807) is 0 Å². The van der Waals surface area contributed by atoms with E-state index in [0.717, 1.165) is 18.1 Å². The lowest BCUT2D eigenvalue weighted by Crippen LogP contribution is -2.29. The molecule has 1 unspecified atom stereocenters. The van der Waals surface area contributed by atoms with Crippen LogP contribution in [0.15, 0.2) is 4.90 Å². The van der Waals surface area contributed by atoms with Crippen molar-refractivity contribution in [2.75, 3.05) is 37.4 Å². The number of likely N-dealkylation sites (N-methyl/N-ethyl adjacent to an activating group) is 1. The van der Waals surface area contributed by atoms with Crippen LogP contribution in [0.1, 0.15) is 20.3 Å². The van der Waals surface area contributed by atoms with Crippen molar-refractivity contribution in [1.29, 1.82) is 0 Å². The monoisotopic (exact) mass is 306 g/mol. The SMILES string of the molecule is CCCS(=O)(=O)c1c(N)nsc1NC(C)CN(C)C. The summed E-state index contributed by atoms with van der Waals surface area (Å²) in [6.07, 6.45) is 0.560. The van der Waals surface area contributed by atoms with Crippen molar-refractivity contribution >= 4 is 32.2 Å². The number of nitrogens with one attached hydrogen (secondary N) is 1. The first-order chi connectivity index (χ1) is 8.77. The van der Waals surface area contributed by atoms with E-state index in [4.69, 9.17) is 5.73 Å². The van der Waals surface area contributed by atoms with Gasteiger partial charge in [0.2, 0.25) is 0 Å². The predicted molar refractivity (Wildman–Crippen MR) is 80.5 cm³/mol. The first kappa shape index (κ1) is 16.2. The number of nitrogen functional groups attached to an aromatic ring is 1. The molecule has 19 heavy (non-hydrogen) atoms. The van der Waals surface area contributed by atoms with Crippen LogP contribution >= 0.6 is 11.5 Å². The van der Waals surface area contributed by atoms with Crippen LogP contribution in [0.4, 0.5) is 10.8 Å². The molecule has 1 atom stereocenters. The number of anilines is 2. The molecule has 0 radical (unpaired) electrons. The van der Waals surface area contributed by atoms with Crippen LogP contribution in [0.5, 0.6) is 0 Å². The Kier molecular flexibility index (Phi) is 5.57. The van der Waals surface area contributed by atoms with Crippen molar-refractivity contribution in [2.45, 2.75) is 31.2 Å². The number of hydrogen-bond donors (Lipinski definition) is 2. The molecule has 1 aromatic heterocycles. The summed E-state index contributed by atoms with van der Waals surface area (Å²) in [7, 11) is 0.577. The number of nitrogens with zero attached hydrogens (tertiary/aromatic N) is 2. The molecule has 6 nitrogen and oxygen atoms in total. The van der Waals surface area contributed by atoms with Crippen molar-refractivity contribution in [3.05, 3.63) is 0 Å². The normalized spacial score (nSPS) is 13.7. The molecule has 110 valence electrons. The Hall–Kier alpha value is -0.860. The van der Waals surface area contributed by atoms with E-state index >= 15 is 0 Å². The Bertz CT molecular complexity index is 511. The van der Waals surface area contributed by atoms with Gasteiger partial charge in [0.05, 0.1) is 5.75 Å². The molecule has 0 aliphatic heterocycles. The minimum Gasteiger partial charge on any atom is -0.382 e. The smallest absolute Gasteiger partial charge is 0.185 e. The van der Waals surface area contributed by atoms with Gasteiger partial charge in [-0.2, -0.15) is 4.37 Å². The lowest BCUT2D eigenvalue weighted by atomic mass is 10.3. The van der Waals surface area contributed by atoms with E-state index in [1.807, 2.05) is 32.8 Å². The Morgan fingerprint density at radius 3 is 2.63 bits per heavy atom. The lowest BCUT2D eigenvalue weighted by molar-refractivity contribution is 0.392. The van der Waals surface area contributed by atoms with Crippen molar-refractivity contribution in [2.24, 2.45) is 0 Å². The largest absolute Gasteiger partial charge is 0.382 e. The molecule has 0 amide bonds. The summed E-state index contributed by atoms with van der Waals surface area (Å²) in [5, 5.41) is 3.72. The molecule has 0 saturated heterocycles. The van der Waals surface area contributed by atoms with Gasteiger partial charge >= 0.3 is 0 Å². The summed E-state index contributed by atoms with van der Waals surface area (Å²) in [5.74, 6) is 0.185. The van der Waals surface area contributed by atoms with Gasteiger partial charge in [0.15, 0.2) is 15.7 Å². The Morgan fingerprint density at radius 2 is 2.11 bits per heavy atom. The zero-order chi connectivity index (χ0) is 14.6. The molecule has 0 bridgehead atoms. The summed E-state index contributed by atoms with van der Waals surface area (Å²) in [6, 6.07) is 0.116. The van der Waals surface area contributed by atoms with Crippen LogP contribution in [0, 0.1) is 0 Å². The summed E-state index contributed by atoms with van der Waals surface area (Å²) >= 11 is 1.10. The summed E-state index contributed by atoms with van der Waals surface area (Å²) in [6.45, 7) is 4.62. The van der Waals surface area contributed by atoms with E-state index in [2.05, 4.69) is 9.69 Å². The van der Waals surface area contributed by atoms with Gasteiger partial charge in [-0.25, -0.2) is 8.42 Å². The molecular formula is C11H22N4O2S2. The van der Waals surface area contributed by atoms with Gasteiger partial charge in [-0.15, -0.1) is 0 Å². The van der Waals surface area contributed by atoms with Crippen LogP contribution in [-0.2, 0) is 9.84 Å². The third-order valence-electron chi connectivity index (χ3n) is 2.47. The van der Waals surface area contributed by atoms with Crippen molar-refractivity contribution in [3.63, 3.8) is 0 Å². The van der Waals surface area contributed by atoms with Crippen LogP contribution in [0.2, 0.25) is 0 Å². The maximum Gasteiger partial charge on any atom is 0.185 e. The number of rotatable bonds is 7. The van der Waals surface area contributed by atoms with E-state index in [-0.39, 0.29) is 22.5 Å². The maximum atomic E-state index is 12.2.